The van der Waals surface area contributed by atoms with E-state index in [1.807, 2.05) is 0 Å². The molecule has 0 saturated carbocycles. The van der Waals surface area contributed by atoms with Crippen molar-refractivity contribution in [1.29, 1.82) is 0 Å². The molecule has 1 aromatic rings. The van der Waals surface area contributed by atoms with Gasteiger partial charge in [0.1, 0.15) is 17.1 Å². The van der Waals surface area contributed by atoms with Gasteiger partial charge in [-0.15, -0.1) is 23.1 Å². The predicted molar refractivity (Wildman–Crippen MR) is 76.6 cm³/mol. The van der Waals surface area contributed by atoms with E-state index in [1.54, 1.807) is 10.9 Å². The molecule has 1 saturated heterocycles. The summed E-state index contributed by atoms with van der Waals surface area (Å²) in [6.45, 7) is 0. The molecule has 0 bridgehead atoms. The highest BCUT2D eigenvalue weighted by molar-refractivity contribution is 8.00. The monoisotopic (exact) mass is 325 g/mol. The maximum absolute atomic E-state index is 12.0. The van der Waals surface area contributed by atoms with Crippen molar-refractivity contribution in [3.8, 4) is 0 Å². The van der Waals surface area contributed by atoms with Crippen LogP contribution >= 0.6 is 23.1 Å². The molecule has 7 nitrogen and oxygen atoms in total. The van der Waals surface area contributed by atoms with E-state index in [0.717, 1.165) is 0 Å². The van der Waals surface area contributed by atoms with Gasteiger partial charge in [0.15, 0.2) is 0 Å². The minimum Gasteiger partial charge on any atom is -0.477 e. The molecule has 9 heteroatoms. The third kappa shape index (κ3) is 2.54. The van der Waals surface area contributed by atoms with Gasteiger partial charge in [0.05, 0.1) is 17.6 Å². The Morgan fingerprint density at radius 1 is 1.52 bits per heavy atom. The third-order valence-electron chi connectivity index (χ3n) is 3.21. The lowest BCUT2D eigenvalue weighted by molar-refractivity contribution is -0.150. The first-order valence-electron chi connectivity index (χ1n) is 6.12. The van der Waals surface area contributed by atoms with E-state index in [2.05, 4.69) is 10.3 Å². The number of carbonyl (C=O) groups excluding carboxylic acids is 2. The Kier molecular flexibility index (Phi) is 3.68. The standard InChI is InChI=1S/C12H11N3O4S2/c16-8(3-6-4-20-5-13-6)14-9-10(17)15-7(12(18)19)1-2-21-11(9)15/h1,4-5,9,11H,2-3H2,(H,14,16)(H,18,19)/t9?,11-/m1/s1. The van der Waals surface area contributed by atoms with Crippen LogP contribution in [0, 0.1) is 0 Å². The predicted octanol–water partition coefficient (Wildman–Crippen LogP) is 0.0540. The summed E-state index contributed by atoms with van der Waals surface area (Å²) < 4.78 is 0. The maximum atomic E-state index is 12.0. The number of aromatic nitrogens is 1. The van der Waals surface area contributed by atoms with E-state index in [4.69, 9.17) is 5.11 Å². The van der Waals surface area contributed by atoms with E-state index in [-0.39, 0.29) is 29.3 Å². The number of aliphatic carboxylic acids is 1. The lowest BCUT2D eigenvalue weighted by atomic mass is 10.0. The number of fused-ring (bicyclic) bond motifs is 1. The second-order valence-electron chi connectivity index (χ2n) is 4.53. The Balaban J connectivity index is 1.64. The van der Waals surface area contributed by atoms with Crippen LogP contribution in [0.3, 0.4) is 0 Å². The molecule has 2 amide bonds. The molecule has 2 aliphatic rings. The number of rotatable bonds is 4. The highest BCUT2D eigenvalue weighted by atomic mass is 32.2. The van der Waals surface area contributed by atoms with Crippen molar-refractivity contribution in [2.75, 3.05) is 5.75 Å². The van der Waals surface area contributed by atoms with Gasteiger partial charge >= 0.3 is 5.97 Å². The molecule has 3 rings (SSSR count). The molecule has 2 atom stereocenters. The van der Waals surface area contributed by atoms with Gasteiger partial charge in [0, 0.05) is 11.1 Å². The average Bonchev–Trinajstić information content (AvgIpc) is 2.96. The number of thiazole rings is 1. The minimum atomic E-state index is -1.12. The van der Waals surface area contributed by atoms with Crippen molar-refractivity contribution in [2.45, 2.75) is 17.8 Å². The molecule has 21 heavy (non-hydrogen) atoms. The highest BCUT2D eigenvalue weighted by Crippen LogP contribution is 2.37. The Hall–Kier alpha value is -1.87. The van der Waals surface area contributed by atoms with E-state index in [0.29, 0.717) is 11.4 Å². The second kappa shape index (κ2) is 5.49. The number of carboxylic acid groups (broad SMARTS) is 1. The molecule has 0 aliphatic carbocycles. The number of nitrogens with zero attached hydrogens (tertiary/aromatic N) is 2. The molecule has 0 spiro atoms. The second-order valence-corrected chi connectivity index (χ2v) is 6.40. The van der Waals surface area contributed by atoms with Crippen molar-refractivity contribution in [3.05, 3.63) is 28.4 Å². The SMILES string of the molecule is O=C(Cc1cscn1)NC1C(=O)N2C(C(=O)O)=CCS[C@H]12. The molecule has 0 aromatic carbocycles. The van der Waals surface area contributed by atoms with Crippen LogP contribution in [0.15, 0.2) is 22.7 Å². The normalized spacial score (nSPS) is 23.9. The first-order valence-corrected chi connectivity index (χ1v) is 8.11. The number of β-lactam (4-membered cyclic amide) rings is 1. The number of nitrogens with one attached hydrogen (secondary N) is 1. The molecule has 3 heterocycles. The van der Waals surface area contributed by atoms with Gasteiger partial charge in [-0.05, 0) is 6.08 Å². The number of amides is 2. The van der Waals surface area contributed by atoms with Crippen molar-refractivity contribution in [3.63, 3.8) is 0 Å². The van der Waals surface area contributed by atoms with Crippen LogP contribution in [-0.4, -0.2) is 49.9 Å². The molecule has 0 radical (unpaired) electrons. The van der Waals surface area contributed by atoms with Gasteiger partial charge in [-0.1, -0.05) is 0 Å². The van der Waals surface area contributed by atoms with Crippen LogP contribution in [-0.2, 0) is 20.8 Å². The smallest absolute Gasteiger partial charge is 0.352 e. The first-order chi connectivity index (χ1) is 10.1. The molecular formula is C12H11N3O4S2. The van der Waals surface area contributed by atoms with Gasteiger partial charge in [0.2, 0.25) is 5.91 Å². The number of carbonyl (C=O) groups is 3. The van der Waals surface area contributed by atoms with E-state index >= 15 is 0 Å². The van der Waals surface area contributed by atoms with Crippen molar-refractivity contribution in [1.82, 2.24) is 15.2 Å². The number of thioether (sulfide) groups is 1. The summed E-state index contributed by atoms with van der Waals surface area (Å²) >= 11 is 2.83. The summed E-state index contributed by atoms with van der Waals surface area (Å²) in [5, 5.41) is 13.1. The zero-order valence-corrected chi connectivity index (χ0v) is 12.3. The molecule has 2 aliphatic heterocycles. The number of carboxylic acids is 1. The summed E-state index contributed by atoms with van der Waals surface area (Å²) in [5.74, 6) is -1.28. The lowest BCUT2D eigenvalue weighted by Crippen LogP contribution is -2.70. The fourth-order valence-corrected chi connectivity index (χ4v) is 4.00. The summed E-state index contributed by atoms with van der Waals surface area (Å²) in [4.78, 5) is 40.2. The van der Waals surface area contributed by atoms with Crippen molar-refractivity contribution >= 4 is 40.9 Å². The Morgan fingerprint density at radius 2 is 2.33 bits per heavy atom. The van der Waals surface area contributed by atoms with Crippen molar-refractivity contribution in [2.24, 2.45) is 0 Å². The highest BCUT2D eigenvalue weighted by Gasteiger charge is 2.52. The van der Waals surface area contributed by atoms with E-state index in [9.17, 15) is 14.4 Å². The zero-order valence-electron chi connectivity index (χ0n) is 10.7. The topological polar surface area (TPSA) is 99.6 Å². The van der Waals surface area contributed by atoms with Gasteiger partial charge in [-0.25, -0.2) is 9.78 Å². The largest absolute Gasteiger partial charge is 0.477 e. The first kappa shape index (κ1) is 14.1. The molecule has 1 fully saturated rings. The fourth-order valence-electron chi connectivity index (χ4n) is 2.25. The molecular weight excluding hydrogens is 314 g/mol. The summed E-state index contributed by atoms with van der Waals surface area (Å²) in [5.41, 5.74) is 2.29. The van der Waals surface area contributed by atoms with Crippen LogP contribution < -0.4 is 5.32 Å². The molecule has 1 unspecified atom stereocenters. The van der Waals surface area contributed by atoms with Gasteiger partial charge in [0.25, 0.3) is 5.91 Å². The Bertz CT molecular complexity index is 628. The van der Waals surface area contributed by atoms with Crippen molar-refractivity contribution < 1.29 is 19.5 Å². The lowest BCUT2D eigenvalue weighted by Gasteiger charge is -2.48. The van der Waals surface area contributed by atoms with Crippen LogP contribution in [0.1, 0.15) is 5.69 Å². The average molecular weight is 325 g/mol. The Labute approximate surface area is 128 Å². The zero-order chi connectivity index (χ0) is 15.0. The minimum absolute atomic E-state index is 0.00579. The maximum Gasteiger partial charge on any atom is 0.352 e. The fraction of sp³-hybridized carbons (Fsp3) is 0.333. The van der Waals surface area contributed by atoms with Crippen LogP contribution in [0.5, 0.6) is 0 Å². The third-order valence-corrected chi connectivity index (χ3v) is 5.03. The molecule has 110 valence electrons. The van der Waals surface area contributed by atoms with E-state index < -0.39 is 12.0 Å². The van der Waals surface area contributed by atoms with Crippen LogP contribution in [0.2, 0.25) is 0 Å². The van der Waals surface area contributed by atoms with Crippen LogP contribution in [0.25, 0.3) is 0 Å². The quantitative estimate of drug-likeness (QED) is 0.759. The Morgan fingerprint density at radius 3 is 3.00 bits per heavy atom. The summed E-state index contributed by atoms with van der Waals surface area (Å²) in [7, 11) is 0. The molecule has 1 aromatic heterocycles. The van der Waals surface area contributed by atoms with Gasteiger partial charge in [-0.3, -0.25) is 14.5 Å². The number of hydrogen-bond donors (Lipinski definition) is 2. The van der Waals surface area contributed by atoms with E-state index in [1.165, 1.54) is 34.1 Å². The van der Waals surface area contributed by atoms with Crippen LogP contribution in [0.4, 0.5) is 0 Å². The van der Waals surface area contributed by atoms with Gasteiger partial charge in [-0.2, -0.15) is 0 Å². The van der Waals surface area contributed by atoms with Gasteiger partial charge < -0.3 is 10.4 Å². The summed E-state index contributed by atoms with van der Waals surface area (Å²) in [6, 6.07) is -0.663. The summed E-state index contributed by atoms with van der Waals surface area (Å²) in [6.07, 6.45) is 1.63. The number of hydrogen-bond acceptors (Lipinski definition) is 6. The molecule has 2 N–H and O–H groups in total.